The number of hydrogen-bond donors (Lipinski definition) is 3. The number of para-hydroxylation sites is 1. The minimum Gasteiger partial charge on any atom is -0.337 e. The van der Waals surface area contributed by atoms with Crippen LogP contribution in [0.4, 0.5) is 33.8 Å². The lowest BCUT2D eigenvalue weighted by molar-refractivity contribution is 0.599. The average Bonchev–Trinajstić information content (AvgIpc) is 3.68. The Balaban J connectivity index is 1.28. The molecule has 0 amide bonds. The molecule has 6 rings (SSSR count). The fourth-order valence-electron chi connectivity index (χ4n) is 4.17. The number of aromatic nitrogens is 5. The summed E-state index contributed by atoms with van der Waals surface area (Å²) in [5.74, 6) is 0.554. The SMILES string of the molecule is Cc1c(N=Nc2ccc(S(=O)(=O)Nc3nccs3)cc2)c(Nc2ccccc2)nn1-c1ccc(S(=O)(=O)Nc2ccncn2)cc1. The van der Waals surface area contributed by atoms with Crippen molar-refractivity contribution in [2.24, 2.45) is 10.2 Å². The Morgan fingerprint density at radius 3 is 2.11 bits per heavy atom. The molecule has 0 spiro atoms. The number of nitrogens with one attached hydrogen (secondary N) is 3. The first-order valence-corrected chi connectivity index (χ1v) is 17.3. The summed E-state index contributed by atoms with van der Waals surface area (Å²) in [5.41, 5.74) is 2.80. The van der Waals surface area contributed by atoms with Crippen LogP contribution in [0.3, 0.4) is 0 Å². The van der Waals surface area contributed by atoms with Gasteiger partial charge in [-0.2, -0.15) is 5.11 Å². The summed E-state index contributed by atoms with van der Waals surface area (Å²) in [7, 11) is -7.71. The van der Waals surface area contributed by atoms with Crippen LogP contribution in [0.25, 0.3) is 5.69 Å². The van der Waals surface area contributed by atoms with Crippen LogP contribution in [0.2, 0.25) is 0 Å². The van der Waals surface area contributed by atoms with Gasteiger partial charge in [0.2, 0.25) is 0 Å². The lowest BCUT2D eigenvalue weighted by atomic mass is 10.3. The molecule has 3 aromatic heterocycles. The molecule has 0 aliphatic rings. The Kier molecular flexibility index (Phi) is 8.51. The summed E-state index contributed by atoms with van der Waals surface area (Å²) in [6.07, 6.45) is 4.20. The number of thiazole rings is 1. The number of hydrogen-bond acceptors (Lipinski definition) is 12. The largest absolute Gasteiger partial charge is 0.337 e. The van der Waals surface area contributed by atoms with E-state index in [1.165, 1.54) is 60.4 Å². The van der Waals surface area contributed by atoms with Crippen molar-refractivity contribution in [3.63, 3.8) is 0 Å². The lowest BCUT2D eigenvalue weighted by Crippen LogP contribution is -2.14. The maximum atomic E-state index is 12.9. The van der Waals surface area contributed by atoms with E-state index in [1.54, 1.807) is 41.3 Å². The first kappa shape index (κ1) is 30.5. The fourth-order valence-corrected chi connectivity index (χ4v) is 6.97. The minimum absolute atomic E-state index is 0.0366. The predicted molar refractivity (Wildman–Crippen MR) is 174 cm³/mol. The van der Waals surface area contributed by atoms with Crippen molar-refractivity contribution < 1.29 is 16.8 Å². The van der Waals surface area contributed by atoms with Crippen LogP contribution in [-0.2, 0) is 20.0 Å². The zero-order valence-corrected chi connectivity index (χ0v) is 26.3. The summed E-state index contributed by atoms with van der Waals surface area (Å²) in [6.45, 7) is 1.80. The number of anilines is 4. The first-order chi connectivity index (χ1) is 22.2. The smallest absolute Gasteiger partial charge is 0.263 e. The van der Waals surface area contributed by atoms with Gasteiger partial charge in [0, 0.05) is 23.5 Å². The third kappa shape index (κ3) is 6.90. The number of nitrogens with zero attached hydrogens (tertiary/aromatic N) is 7. The molecule has 46 heavy (non-hydrogen) atoms. The van der Waals surface area contributed by atoms with Crippen LogP contribution in [0.5, 0.6) is 0 Å². The van der Waals surface area contributed by atoms with Gasteiger partial charge in [-0.3, -0.25) is 9.44 Å². The maximum absolute atomic E-state index is 12.9. The number of sulfonamides is 2. The van der Waals surface area contributed by atoms with Crippen molar-refractivity contribution in [2.45, 2.75) is 16.7 Å². The van der Waals surface area contributed by atoms with Gasteiger partial charge in [-0.25, -0.2) is 36.5 Å². The molecule has 0 bridgehead atoms. The van der Waals surface area contributed by atoms with Gasteiger partial charge in [-0.15, -0.1) is 21.5 Å². The zero-order chi connectivity index (χ0) is 32.1. The Bertz CT molecular complexity index is 2190. The van der Waals surface area contributed by atoms with E-state index in [9.17, 15) is 16.8 Å². The molecule has 3 heterocycles. The predicted octanol–water partition coefficient (Wildman–Crippen LogP) is 6.19. The molecule has 6 aromatic rings. The maximum Gasteiger partial charge on any atom is 0.263 e. The molecular weight excluding hydrogens is 649 g/mol. The highest BCUT2D eigenvalue weighted by atomic mass is 32.2. The van der Waals surface area contributed by atoms with E-state index in [-0.39, 0.29) is 20.7 Å². The molecule has 17 heteroatoms. The number of benzene rings is 3. The van der Waals surface area contributed by atoms with Crippen molar-refractivity contribution in [2.75, 3.05) is 14.8 Å². The van der Waals surface area contributed by atoms with Crippen molar-refractivity contribution in [1.29, 1.82) is 0 Å². The molecule has 0 aliphatic carbocycles. The summed E-state index contributed by atoms with van der Waals surface area (Å²) in [4.78, 5) is 11.7. The van der Waals surface area contributed by atoms with E-state index in [1.807, 2.05) is 30.3 Å². The van der Waals surface area contributed by atoms with Gasteiger partial charge in [-0.1, -0.05) is 18.2 Å². The van der Waals surface area contributed by atoms with Gasteiger partial charge in [0.25, 0.3) is 20.0 Å². The fraction of sp³-hybridized carbons (Fsp3) is 0.0345. The first-order valence-electron chi connectivity index (χ1n) is 13.4. The number of rotatable bonds is 11. The molecule has 3 aromatic carbocycles. The Morgan fingerprint density at radius 2 is 1.46 bits per heavy atom. The second kappa shape index (κ2) is 12.8. The van der Waals surface area contributed by atoms with Crippen molar-refractivity contribution in [1.82, 2.24) is 24.7 Å². The van der Waals surface area contributed by atoms with Gasteiger partial charge < -0.3 is 5.32 Å². The van der Waals surface area contributed by atoms with Crippen molar-refractivity contribution >= 4 is 65.2 Å². The minimum atomic E-state index is -3.89. The monoisotopic (exact) mass is 672 g/mol. The normalized spacial score (nSPS) is 11.8. The van der Waals surface area contributed by atoms with E-state index in [0.717, 1.165) is 5.69 Å². The molecule has 3 N–H and O–H groups in total. The quantitative estimate of drug-likeness (QED) is 0.135. The highest BCUT2D eigenvalue weighted by molar-refractivity contribution is 7.93. The summed E-state index contributed by atoms with van der Waals surface area (Å²) < 4.78 is 57.6. The van der Waals surface area contributed by atoms with Crippen LogP contribution in [0.15, 0.2) is 129 Å². The van der Waals surface area contributed by atoms with E-state index in [2.05, 4.69) is 39.9 Å². The van der Waals surface area contributed by atoms with Crippen LogP contribution in [0, 0.1) is 6.92 Å². The molecule has 0 atom stereocenters. The van der Waals surface area contributed by atoms with Crippen LogP contribution < -0.4 is 14.8 Å². The van der Waals surface area contributed by atoms with Gasteiger partial charge in [0.1, 0.15) is 12.1 Å². The molecule has 0 fully saturated rings. The summed E-state index contributed by atoms with van der Waals surface area (Å²) >= 11 is 1.18. The van der Waals surface area contributed by atoms with Crippen LogP contribution in [0.1, 0.15) is 5.69 Å². The Labute approximate surface area is 268 Å². The Hall–Kier alpha value is -5.52. The second-order valence-corrected chi connectivity index (χ2v) is 13.8. The third-order valence-corrected chi connectivity index (χ3v) is 9.94. The van der Waals surface area contributed by atoms with Crippen molar-refractivity contribution in [3.8, 4) is 5.69 Å². The standard InChI is InChI=1S/C29H24N10O4S3/c1-20-27(35-34-22-7-11-24(12-8-22)46(42,43)38-29-31-17-18-44-29)28(33-21-5-3-2-4-6-21)36-39(20)23-9-13-25(14-10-23)45(40,41)37-26-15-16-30-19-32-26/h2-19H,1H3,(H,31,38)(H,33,36)(H,30,32,37). The molecule has 14 nitrogen and oxygen atoms in total. The highest BCUT2D eigenvalue weighted by Crippen LogP contribution is 2.34. The molecular formula is C29H24N10O4S3. The molecule has 0 aliphatic heterocycles. The van der Waals surface area contributed by atoms with Gasteiger partial charge in [-0.05, 0) is 73.7 Å². The van der Waals surface area contributed by atoms with Gasteiger partial charge in [0.15, 0.2) is 16.6 Å². The van der Waals surface area contributed by atoms with E-state index in [0.29, 0.717) is 28.6 Å². The van der Waals surface area contributed by atoms with E-state index in [4.69, 9.17) is 5.10 Å². The van der Waals surface area contributed by atoms with Crippen LogP contribution in [-0.4, -0.2) is 41.6 Å². The van der Waals surface area contributed by atoms with Crippen molar-refractivity contribution in [3.05, 3.63) is 115 Å². The van der Waals surface area contributed by atoms with E-state index < -0.39 is 20.0 Å². The molecule has 0 radical (unpaired) electrons. The molecule has 0 saturated heterocycles. The molecule has 0 unspecified atom stereocenters. The van der Waals surface area contributed by atoms with E-state index >= 15 is 0 Å². The highest BCUT2D eigenvalue weighted by Gasteiger charge is 2.19. The number of azo groups is 1. The second-order valence-electron chi connectivity index (χ2n) is 9.52. The van der Waals surface area contributed by atoms with Gasteiger partial charge >= 0.3 is 0 Å². The zero-order valence-electron chi connectivity index (χ0n) is 23.9. The van der Waals surface area contributed by atoms with Crippen LogP contribution >= 0.6 is 11.3 Å². The summed E-state index contributed by atoms with van der Waals surface area (Å²) in [6, 6.07) is 23.0. The summed E-state index contributed by atoms with van der Waals surface area (Å²) in [5, 5.41) is 18.7. The topological polar surface area (TPSA) is 186 Å². The lowest BCUT2D eigenvalue weighted by Gasteiger charge is -2.09. The molecule has 232 valence electrons. The Morgan fingerprint density at radius 1 is 0.761 bits per heavy atom. The molecule has 0 saturated carbocycles. The average molecular weight is 673 g/mol. The third-order valence-electron chi connectivity index (χ3n) is 6.40. The van der Waals surface area contributed by atoms with Gasteiger partial charge in [0.05, 0.1) is 26.9 Å².